The zero-order chi connectivity index (χ0) is 20.6. The Kier molecular flexibility index (Phi) is 7.09. The van der Waals surface area contributed by atoms with E-state index in [0.29, 0.717) is 18.2 Å². The number of methoxy groups -OCH3 is 2. The molecule has 0 aliphatic carbocycles. The van der Waals surface area contributed by atoms with Gasteiger partial charge in [0, 0.05) is 18.8 Å². The maximum Gasteiger partial charge on any atom is 0.174 e. The zero-order valence-electron chi connectivity index (χ0n) is 17.0. The summed E-state index contributed by atoms with van der Waals surface area (Å²) in [6.45, 7) is 3.45. The lowest BCUT2D eigenvalue weighted by atomic mass is 10.1. The molecular weight excluding hydrogens is 380 g/mol. The average Bonchev–Trinajstić information content (AvgIpc) is 2.76. The summed E-state index contributed by atoms with van der Waals surface area (Å²) in [7, 11) is 3.35. The van der Waals surface area contributed by atoms with Gasteiger partial charge in [0.15, 0.2) is 5.11 Å². The molecule has 3 rings (SSSR count). The standard InChI is InChI=1S/C24H26N2O2S/c1-18-6-4-5-7-23(18)25-24(29)26(16-19-8-12-21(27-2)13-9-19)17-20-10-14-22(28-3)15-11-20/h4-15H,16-17H2,1-3H3,(H,25,29). The number of aryl methyl sites for hydroxylation is 1. The number of nitrogens with one attached hydrogen (secondary N) is 1. The van der Waals surface area contributed by atoms with Gasteiger partial charge in [-0.15, -0.1) is 0 Å². The van der Waals surface area contributed by atoms with Crippen molar-refractivity contribution < 1.29 is 9.47 Å². The lowest BCUT2D eigenvalue weighted by molar-refractivity contribution is 0.404. The van der Waals surface area contributed by atoms with Crippen LogP contribution in [0.5, 0.6) is 11.5 Å². The Morgan fingerprint density at radius 2 is 1.28 bits per heavy atom. The molecule has 3 aromatic rings. The molecule has 5 heteroatoms. The predicted octanol–water partition coefficient (Wildman–Crippen LogP) is 5.41. The Bertz CT molecular complexity index is 890. The van der Waals surface area contributed by atoms with Crippen LogP contribution in [0, 0.1) is 6.92 Å². The second-order valence-corrected chi connectivity index (χ2v) is 7.18. The largest absolute Gasteiger partial charge is 0.497 e. The van der Waals surface area contributed by atoms with Crippen LogP contribution < -0.4 is 14.8 Å². The van der Waals surface area contributed by atoms with Gasteiger partial charge in [-0.3, -0.25) is 0 Å². The highest BCUT2D eigenvalue weighted by Gasteiger charge is 2.13. The van der Waals surface area contributed by atoms with Gasteiger partial charge >= 0.3 is 0 Å². The molecule has 0 heterocycles. The lowest BCUT2D eigenvalue weighted by Gasteiger charge is -2.27. The van der Waals surface area contributed by atoms with E-state index in [1.807, 2.05) is 42.5 Å². The molecule has 0 bridgehead atoms. The normalized spacial score (nSPS) is 10.3. The zero-order valence-corrected chi connectivity index (χ0v) is 17.8. The van der Waals surface area contributed by atoms with Gasteiger partial charge in [0.05, 0.1) is 14.2 Å². The quantitative estimate of drug-likeness (QED) is 0.531. The fraction of sp³-hybridized carbons (Fsp3) is 0.208. The van der Waals surface area contributed by atoms with Gasteiger partial charge in [0.2, 0.25) is 0 Å². The number of hydrogen-bond acceptors (Lipinski definition) is 3. The number of benzene rings is 3. The minimum absolute atomic E-state index is 0.686. The number of hydrogen-bond donors (Lipinski definition) is 1. The second kappa shape index (κ2) is 9.94. The van der Waals surface area contributed by atoms with Crippen LogP contribution in [0.1, 0.15) is 16.7 Å². The number of nitrogens with zero attached hydrogens (tertiary/aromatic N) is 1. The lowest BCUT2D eigenvalue weighted by Crippen LogP contribution is -2.34. The van der Waals surface area contributed by atoms with E-state index in [-0.39, 0.29) is 0 Å². The molecule has 0 atom stereocenters. The maximum absolute atomic E-state index is 5.78. The summed E-state index contributed by atoms with van der Waals surface area (Å²) in [5.41, 5.74) is 4.50. The highest BCUT2D eigenvalue weighted by Crippen LogP contribution is 2.19. The number of rotatable bonds is 7. The monoisotopic (exact) mass is 406 g/mol. The fourth-order valence-electron chi connectivity index (χ4n) is 3.01. The fourth-order valence-corrected chi connectivity index (χ4v) is 3.25. The summed E-state index contributed by atoms with van der Waals surface area (Å²) in [6.07, 6.45) is 0. The molecule has 3 aromatic carbocycles. The van der Waals surface area contributed by atoms with Crippen molar-refractivity contribution >= 4 is 23.0 Å². The molecule has 0 fully saturated rings. The van der Waals surface area contributed by atoms with Crippen LogP contribution in [0.15, 0.2) is 72.8 Å². The van der Waals surface area contributed by atoms with E-state index in [1.165, 1.54) is 0 Å². The first kappa shape index (κ1) is 20.7. The molecule has 0 saturated heterocycles. The van der Waals surface area contributed by atoms with Crippen LogP contribution in [-0.2, 0) is 13.1 Å². The number of thiocarbonyl (C=S) groups is 1. The summed E-state index contributed by atoms with van der Waals surface area (Å²) in [4.78, 5) is 2.16. The SMILES string of the molecule is COc1ccc(CN(Cc2ccc(OC)cc2)C(=S)Nc2ccccc2C)cc1. The summed E-state index contributed by atoms with van der Waals surface area (Å²) in [6, 6.07) is 24.3. The highest BCUT2D eigenvalue weighted by molar-refractivity contribution is 7.80. The van der Waals surface area contributed by atoms with Crippen LogP contribution in [-0.4, -0.2) is 24.2 Å². The van der Waals surface area contributed by atoms with Gasteiger partial charge in [0.25, 0.3) is 0 Å². The molecule has 0 saturated carbocycles. The summed E-state index contributed by atoms with van der Waals surface area (Å²) >= 11 is 5.78. The predicted molar refractivity (Wildman–Crippen MR) is 123 cm³/mol. The van der Waals surface area contributed by atoms with Crippen molar-refractivity contribution in [3.8, 4) is 11.5 Å². The minimum Gasteiger partial charge on any atom is -0.497 e. The molecular formula is C24H26N2O2S. The first-order valence-corrected chi connectivity index (χ1v) is 9.87. The first-order valence-electron chi connectivity index (χ1n) is 9.46. The highest BCUT2D eigenvalue weighted by atomic mass is 32.1. The Balaban J connectivity index is 1.80. The molecule has 0 amide bonds. The Hall–Kier alpha value is -3.05. The molecule has 0 aliphatic heterocycles. The van der Waals surface area contributed by atoms with Crippen molar-refractivity contribution in [3.05, 3.63) is 89.5 Å². The average molecular weight is 407 g/mol. The van der Waals surface area contributed by atoms with Crippen molar-refractivity contribution in [1.82, 2.24) is 4.90 Å². The molecule has 0 radical (unpaired) electrons. The molecule has 0 aromatic heterocycles. The molecule has 0 aliphatic rings. The van der Waals surface area contributed by atoms with Gasteiger partial charge in [-0.05, 0) is 66.2 Å². The number of ether oxygens (including phenoxy) is 2. The Labute approximate surface area is 178 Å². The smallest absolute Gasteiger partial charge is 0.174 e. The second-order valence-electron chi connectivity index (χ2n) is 6.80. The van der Waals surface area contributed by atoms with E-state index < -0.39 is 0 Å². The van der Waals surface area contributed by atoms with Crippen LogP contribution >= 0.6 is 12.2 Å². The van der Waals surface area contributed by atoms with Crippen molar-refractivity contribution in [3.63, 3.8) is 0 Å². The molecule has 1 N–H and O–H groups in total. The minimum atomic E-state index is 0.686. The van der Waals surface area contributed by atoms with Crippen LogP contribution in [0.3, 0.4) is 0 Å². The van der Waals surface area contributed by atoms with E-state index in [0.717, 1.165) is 33.9 Å². The van der Waals surface area contributed by atoms with E-state index in [1.54, 1.807) is 14.2 Å². The maximum atomic E-state index is 5.78. The van der Waals surface area contributed by atoms with Crippen molar-refractivity contribution in [2.24, 2.45) is 0 Å². The van der Waals surface area contributed by atoms with Crippen LogP contribution in [0.25, 0.3) is 0 Å². The van der Waals surface area contributed by atoms with Crippen molar-refractivity contribution in [2.75, 3.05) is 19.5 Å². The van der Waals surface area contributed by atoms with E-state index in [9.17, 15) is 0 Å². The van der Waals surface area contributed by atoms with Crippen LogP contribution in [0.4, 0.5) is 5.69 Å². The number of anilines is 1. The topological polar surface area (TPSA) is 33.7 Å². The third kappa shape index (κ3) is 5.72. The van der Waals surface area contributed by atoms with E-state index in [4.69, 9.17) is 21.7 Å². The summed E-state index contributed by atoms with van der Waals surface area (Å²) in [5, 5.41) is 4.09. The van der Waals surface area contributed by atoms with E-state index >= 15 is 0 Å². The first-order chi connectivity index (χ1) is 14.1. The van der Waals surface area contributed by atoms with Gasteiger partial charge in [-0.1, -0.05) is 42.5 Å². The van der Waals surface area contributed by atoms with Gasteiger partial charge in [0.1, 0.15) is 11.5 Å². The van der Waals surface area contributed by atoms with Gasteiger partial charge < -0.3 is 19.7 Å². The third-order valence-corrected chi connectivity index (χ3v) is 5.10. The summed E-state index contributed by atoms with van der Waals surface area (Å²) in [5.74, 6) is 1.69. The van der Waals surface area contributed by atoms with E-state index in [2.05, 4.69) is 47.5 Å². The van der Waals surface area contributed by atoms with Crippen molar-refractivity contribution in [1.29, 1.82) is 0 Å². The van der Waals surface area contributed by atoms with Gasteiger partial charge in [-0.25, -0.2) is 0 Å². The molecule has 29 heavy (non-hydrogen) atoms. The molecule has 0 spiro atoms. The van der Waals surface area contributed by atoms with Crippen LogP contribution in [0.2, 0.25) is 0 Å². The molecule has 0 unspecified atom stereocenters. The Morgan fingerprint density at radius 1 is 0.793 bits per heavy atom. The molecule has 150 valence electrons. The Morgan fingerprint density at radius 3 is 1.72 bits per heavy atom. The number of para-hydroxylation sites is 1. The third-order valence-electron chi connectivity index (χ3n) is 4.74. The molecule has 4 nitrogen and oxygen atoms in total. The summed E-state index contributed by atoms with van der Waals surface area (Å²) < 4.78 is 10.5. The van der Waals surface area contributed by atoms with Crippen molar-refractivity contribution in [2.45, 2.75) is 20.0 Å². The van der Waals surface area contributed by atoms with Gasteiger partial charge in [-0.2, -0.15) is 0 Å².